The molecule has 3 heteroatoms. The first-order valence-corrected chi connectivity index (χ1v) is 5.43. The lowest BCUT2D eigenvalue weighted by Crippen LogP contribution is -2.30. The van der Waals surface area contributed by atoms with Crippen LogP contribution >= 0.6 is 22.9 Å². The van der Waals surface area contributed by atoms with E-state index in [1.165, 1.54) is 23.3 Å². The van der Waals surface area contributed by atoms with E-state index < -0.39 is 0 Å². The fraction of sp³-hybridized carbons (Fsp3) is 0.556. The molecule has 0 bridgehead atoms. The molecule has 1 atom stereocenters. The van der Waals surface area contributed by atoms with E-state index >= 15 is 0 Å². The van der Waals surface area contributed by atoms with E-state index in [4.69, 9.17) is 11.6 Å². The molecule has 0 amide bonds. The highest BCUT2D eigenvalue weighted by molar-refractivity contribution is 7.16. The van der Waals surface area contributed by atoms with Gasteiger partial charge in [-0.3, -0.25) is 0 Å². The minimum Gasteiger partial charge on any atom is -0.317 e. The Morgan fingerprint density at radius 3 is 3.25 bits per heavy atom. The molecule has 1 heterocycles. The Kier molecular flexibility index (Phi) is 2.40. The van der Waals surface area contributed by atoms with Crippen LogP contribution in [-0.2, 0) is 12.8 Å². The molecule has 0 radical (unpaired) electrons. The summed E-state index contributed by atoms with van der Waals surface area (Å²) in [7, 11) is 2.03. The van der Waals surface area contributed by atoms with Crippen LogP contribution in [-0.4, -0.2) is 13.1 Å². The molecule has 1 N–H and O–H groups in total. The summed E-state index contributed by atoms with van der Waals surface area (Å²) in [4.78, 5) is 1.49. The summed E-state index contributed by atoms with van der Waals surface area (Å²) >= 11 is 7.68. The molecule has 0 spiro atoms. The van der Waals surface area contributed by atoms with Gasteiger partial charge in [-0.15, -0.1) is 11.3 Å². The molecule has 12 heavy (non-hydrogen) atoms. The Balaban J connectivity index is 2.22. The van der Waals surface area contributed by atoms with Crippen molar-refractivity contribution in [2.75, 3.05) is 7.05 Å². The zero-order valence-corrected chi connectivity index (χ0v) is 8.63. The molecule has 1 aromatic rings. The van der Waals surface area contributed by atoms with Crippen molar-refractivity contribution in [1.82, 2.24) is 5.32 Å². The van der Waals surface area contributed by atoms with Crippen LogP contribution < -0.4 is 5.32 Å². The van der Waals surface area contributed by atoms with Crippen molar-refractivity contribution < 1.29 is 0 Å². The Bertz CT molecular complexity index is 282. The number of hydrogen-bond donors (Lipinski definition) is 1. The van der Waals surface area contributed by atoms with E-state index in [1.807, 2.05) is 7.05 Å². The topological polar surface area (TPSA) is 12.0 Å². The van der Waals surface area contributed by atoms with Gasteiger partial charge in [-0.1, -0.05) is 11.6 Å². The van der Waals surface area contributed by atoms with E-state index in [9.17, 15) is 0 Å². The summed E-state index contributed by atoms with van der Waals surface area (Å²) in [6, 6.07) is 2.77. The molecular formula is C9H12ClNS. The van der Waals surface area contributed by atoms with E-state index in [1.54, 1.807) is 11.3 Å². The second kappa shape index (κ2) is 3.36. The predicted octanol–water partition coefficient (Wildman–Crippen LogP) is 2.48. The van der Waals surface area contributed by atoms with Crippen LogP contribution in [0.3, 0.4) is 0 Å². The lowest BCUT2D eigenvalue weighted by atomic mass is 9.95. The first kappa shape index (κ1) is 8.54. The summed E-state index contributed by atoms with van der Waals surface area (Å²) in [5.41, 5.74) is 1.45. The Morgan fingerprint density at radius 2 is 2.50 bits per heavy atom. The number of likely N-dealkylation sites (N-methyl/N-ethyl adjacent to an activating group) is 1. The normalized spacial score (nSPS) is 22.3. The zero-order chi connectivity index (χ0) is 8.55. The number of aryl methyl sites for hydroxylation is 1. The summed E-state index contributed by atoms with van der Waals surface area (Å²) < 4.78 is 0.941. The van der Waals surface area contributed by atoms with Gasteiger partial charge >= 0.3 is 0 Å². The molecule has 1 nitrogen and oxygen atoms in total. The van der Waals surface area contributed by atoms with Crippen LogP contribution in [0.4, 0.5) is 0 Å². The smallest absolute Gasteiger partial charge is 0.0934 e. The first-order chi connectivity index (χ1) is 5.79. The molecular weight excluding hydrogens is 190 g/mol. The number of halogens is 1. The van der Waals surface area contributed by atoms with Gasteiger partial charge in [0.1, 0.15) is 0 Å². The fourth-order valence-corrected chi connectivity index (χ4v) is 3.07. The Hall–Kier alpha value is -0.0500. The van der Waals surface area contributed by atoms with Crippen molar-refractivity contribution in [2.24, 2.45) is 0 Å². The number of hydrogen-bond acceptors (Lipinski definition) is 2. The van der Waals surface area contributed by atoms with Crippen LogP contribution in [0.25, 0.3) is 0 Å². The fourth-order valence-electron chi connectivity index (χ4n) is 1.73. The average Bonchev–Trinajstić information content (AvgIpc) is 2.43. The minimum absolute atomic E-state index is 0.656. The standard InChI is InChI=1S/C9H12ClNS/c1-11-7-2-3-8-6(4-7)5-9(10)12-8/h5,7,11H,2-4H2,1H3/t7-/m0/s1. The van der Waals surface area contributed by atoms with Crippen LogP contribution in [0.15, 0.2) is 6.07 Å². The van der Waals surface area contributed by atoms with Gasteiger partial charge in [-0.05, 0) is 37.9 Å². The Labute approximate surface area is 81.7 Å². The summed E-state index contributed by atoms with van der Waals surface area (Å²) in [5.74, 6) is 0. The lowest BCUT2D eigenvalue weighted by Gasteiger charge is -2.20. The van der Waals surface area contributed by atoms with Gasteiger partial charge in [0.2, 0.25) is 0 Å². The quantitative estimate of drug-likeness (QED) is 0.736. The predicted molar refractivity (Wildman–Crippen MR) is 54.2 cm³/mol. The van der Waals surface area contributed by atoms with Gasteiger partial charge in [0.05, 0.1) is 4.34 Å². The summed E-state index contributed by atoms with van der Waals surface area (Å²) in [6.45, 7) is 0. The molecule has 0 aromatic carbocycles. The van der Waals surface area contributed by atoms with E-state index in [0.29, 0.717) is 6.04 Å². The maximum absolute atomic E-state index is 5.94. The van der Waals surface area contributed by atoms with E-state index in [0.717, 1.165) is 10.8 Å². The van der Waals surface area contributed by atoms with Crippen LogP contribution in [0.1, 0.15) is 16.9 Å². The van der Waals surface area contributed by atoms with E-state index in [-0.39, 0.29) is 0 Å². The highest BCUT2D eigenvalue weighted by Gasteiger charge is 2.19. The Morgan fingerprint density at radius 1 is 1.67 bits per heavy atom. The molecule has 0 unspecified atom stereocenters. The first-order valence-electron chi connectivity index (χ1n) is 4.24. The molecule has 0 aliphatic heterocycles. The van der Waals surface area contributed by atoms with Crippen molar-refractivity contribution in [3.63, 3.8) is 0 Å². The van der Waals surface area contributed by atoms with Gasteiger partial charge in [-0.2, -0.15) is 0 Å². The van der Waals surface area contributed by atoms with Crippen molar-refractivity contribution in [3.05, 3.63) is 20.8 Å². The van der Waals surface area contributed by atoms with Crippen LogP contribution in [0, 0.1) is 0 Å². The number of rotatable bonds is 1. The number of fused-ring (bicyclic) bond motifs is 1. The molecule has 1 aliphatic rings. The monoisotopic (exact) mass is 201 g/mol. The van der Waals surface area contributed by atoms with Crippen LogP contribution in [0.2, 0.25) is 4.34 Å². The lowest BCUT2D eigenvalue weighted by molar-refractivity contribution is 0.500. The zero-order valence-electron chi connectivity index (χ0n) is 7.06. The van der Waals surface area contributed by atoms with Crippen molar-refractivity contribution >= 4 is 22.9 Å². The summed E-state index contributed by atoms with van der Waals surface area (Å²) in [6.07, 6.45) is 3.59. The highest BCUT2D eigenvalue weighted by atomic mass is 35.5. The maximum Gasteiger partial charge on any atom is 0.0934 e. The third-order valence-electron chi connectivity index (χ3n) is 2.46. The molecule has 0 fully saturated rings. The largest absolute Gasteiger partial charge is 0.317 e. The average molecular weight is 202 g/mol. The van der Waals surface area contributed by atoms with Crippen molar-refractivity contribution in [3.8, 4) is 0 Å². The van der Waals surface area contributed by atoms with E-state index in [2.05, 4.69) is 11.4 Å². The second-order valence-electron chi connectivity index (χ2n) is 3.23. The molecule has 1 aromatic heterocycles. The highest BCUT2D eigenvalue weighted by Crippen LogP contribution is 2.32. The summed E-state index contributed by atoms with van der Waals surface area (Å²) in [5, 5.41) is 3.32. The third kappa shape index (κ3) is 1.51. The number of nitrogens with one attached hydrogen (secondary N) is 1. The van der Waals surface area contributed by atoms with Gasteiger partial charge < -0.3 is 5.32 Å². The van der Waals surface area contributed by atoms with Gasteiger partial charge in [0.25, 0.3) is 0 Å². The molecule has 66 valence electrons. The third-order valence-corrected chi connectivity index (χ3v) is 3.83. The SMILES string of the molecule is CN[C@H]1CCc2sc(Cl)cc2C1. The molecule has 0 saturated carbocycles. The van der Waals surface area contributed by atoms with Gasteiger partial charge in [-0.25, -0.2) is 0 Å². The van der Waals surface area contributed by atoms with Crippen LogP contribution in [0.5, 0.6) is 0 Å². The maximum atomic E-state index is 5.94. The molecule has 1 aliphatic carbocycles. The minimum atomic E-state index is 0.656. The van der Waals surface area contributed by atoms with Crippen molar-refractivity contribution in [2.45, 2.75) is 25.3 Å². The molecule has 0 saturated heterocycles. The van der Waals surface area contributed by atoms with Gasteiger partial charge in [0.15, 0.2) is 0 Å². The van der Waals surface area contributed by atoms with Gasteiger partial charge in [0, 0.05) is 10.9 Å². The molecule has 2 rings (SSSR count). The second-order valence-corrected chi connectivity index (χ2v) is 5.00. The number of thiophene rings is 1. The van der Waals surface area contributed by atoms with Crippen molar-refractivity contribution in [1.29, 1.82) is 0 Å².